The second-order valence-electron chi connectivity index (χ2n) is 2.83. The van der Waals surface area contributed by atoms with E-state index in [1.54, 1.807) is 0 Å². The molecule has 76 valence electrons. The zero-order valence-electron chi connectivity index (χ0n) is 7.44. The van der Waals surface area contributed by atoms with Gasteiger partial charge in [0.25, 0.3) is 17.6 Å². The molecule has 0 fully saturated rings. The van der Waals surface area contributed by atoms with Crippen LogP contribution < -0.4 is 15.9 Å². The second kappa shape index (κ2) is 3.41. The Morgan fingerprint density at radius 1 is 1.07 bits per heavy atom. The van der Waals surface area contributed by atoms with Crippen LogP contribution in [-0.2, 0) is 4.79 Å². The van der Waals surface area contributed by atoms with E-state index >= 15 is 0 Å². The van der Waals surface area contributed by atoms with Crippen LogP contribution in [0.2, 0.25) is 0 Å². The van der Waals surface area contributed by atoms with Crippen molar-refractivity contribution in [1.29, 1.82) is 0 Å². The molecule has 1 aromatic carbocycles. The zero-order chi connectivity index (χ0) is 10.8. The van der Waals surface area contributed by atoms with E-state index in [0.717, 1.165) is 0 Å². The highest BCUT2D eigenvalue weighted by Crippen LogP contribution is 2.14. The van der Waals surface area contributed by atoms with Gasteiger partial charge in [-0.15, -0.1) is 0 Å². The van der Waals surface area contributed by atoms with Crippen molar-refractivity contribution < 1.29 is 9.53 Å². The molecule has 0 atom stereocenters. The SMILES string of the molecule is O=COc1ccc2c(=O)[nH][nH]c(=O)c2c1. The molecule has 0 spiro atoms. The van der Waals surface area contributed by atoms with E-state index < -0.39 is 11.1 Å². The molecule has 6 nitrogen and oxygen atoms in total. The summed E-state index contributed by atoms with van der Waals surface area (Å²) in [6.07, 6.45) is 0. The van der Waals surface area contributed by atoms with Crippen molar-refractivity contribution in [2.24, 2.45) is 0 Å². The van der Waals surface area contributed by atoms with Crippen molar-refractivity contribution in [2.75, 3.05) is 0 Å². The van der Waals surface area contributed by atoms with Gasteiger partial charge in [-0.3, -0.25) is 24.6 Å². The maximum atomic E-state index is 11.3. The van der Waals surface area contributed by atoms with Gasteiger partial charge in [0, 0.05) is 0 Å². The Morgan fingerprint density at radius 3 is 2.40 bits per heavy atom. The van der Waals surface area contributed by atoms with Crippen LogP contribution in [0.1, 0.15) is 0 Å². The lowest BCUT2D eigenvalue weighted by molar-refractivity contribution is -0.120. The number of carbonyl (C=O) groups excluding carboxylic acids is 1. The molecule has 0 unspecified atom stereocenters. The van der Waals surface area contributed by atoms with Gasteiger partial charge in [0.2, 0.25) is 0 Å². The predicted molar refractivity (Wildman–Crippen MR) is 51.9 cm³/mol. The van der Waals surface area contributed by atoms with Gasteiger partial charge in [-0.25, -0.2) is 0 Å². The van der Waals surface area contributed by atoms with Crippen LogP contribution >= 0.6 is 0 Å². The van der Waals surface area contributed by atoms with Crippen LogP contribution in [0.4, 0.5) is 0 Å². The second-order valence-corrected chi connectivity index (χ2v) is 2.83. The van der Waals surface area contributed by atoms with Crippen molar-refractivity contribution >= 4 is 17.2 Å². The average molecular weight is 206 g/mol. The number of aromatic amines is 2. The lowest BCUT2D eigenvalue weighted by Gasteiger charge is -1.98. The minimum absolute atomic E-state index is 0.179. The normalized spacial score (nSPS) is 10.1. The van der Waals surface area contributed by atoms with Gasteiger partial charge >= 0.3 is 0 Å². The Balaban J connectivity index is 2.81. The summed E-state index contributed by atoms with van der Waals surface area (Å²) in [6.45, 7) is 0.253. The minimum atomic E-state index is -0.444. The first-order valence-corrected chi connectivity index (χ1v) is 4.07. The molecule has 2 N–H and O–H groups in total. The summed E-state index contributed by atoms with van der Waals surface area (Å²) >= 11 is 0. The molecular weight excluding hydrogens is 200 g/mol. The summed E-state index contributed by atoms with van der Waals surface area (Å²) in [7, 11) is 0. The average Bonchev–Trinajstić information content (AvgIpc) is 2.24. The number of benzene rings is 1. The molecule has 1 heterocycles. The quantitative estimate of drug-likeness (QED) is 0.663. The first-order valence-electron chi connectivity index (χ1n) is 4.07. The molecule has 0 saturated carbocycles. The van der Waals surface area contributed by atoms with E-state index in [-0.39, 0.29) is 23.0 Å². The van der Waals surface area contributed by atoms with Crippen molar-refractivity contribution in [3.63, 3.8) is 0 Å². The van der Waals surface area contributed by atoms with Crippen LogP contribution in [0.5, 0.6) is 5.75 Å². The monoisotopic (exact) mass is 206 g/mol. The standard InChI is InChI=1S/C9H6N2O4/c12-4-15-5-1-2-6-7(3-5)9(14)11-10-8(6)13/h1-4H,(H,10,13)(H,11,14). The fraction of sp³-hybridized carbons (Fsp3) is 0. The van der Waals surface area contributed by atoms with Crippen molar-refractivity contribution in [1.82, 2.24) is 10.2 Å². The molecule has 0 aliphatic carbocycles. The minimum Gasteiger partial charge on any atom is -0.429 e. The van der Waals surface area contributed by atoms with Crippen molar-refractivity contribution in [3.8, 4) is 5.75 Å². The molecule has 0 aliphatic heterocycles. The van der Waals surface area contributed by atoms with E-state index in [9.17, 15) is 14.4 Å². The molecule has 15 heavy (non-hydrogen) atoms. The Hall–Kier alpha value is -2.37. The number of nitrogens with one attached hydrogen (secondary N) is 2. The van der Waals surface area contributed by atoms with Crippen LogP contribution in [-0.4, -0.2) is 16.7 Å². The van der Waals surface area contributed by atoms with Gasteiger partial charge in [-0.05, 0) is 18.2 Å². The number of hydrogen-bond acceptors (Lipinski definition) is 4. The van der Waals surface area contributed by atoms with Gasteiger partial charge in [0.15, 0.2) is 0 Å². The van der Waals surface area contributed by atoms with E-state index in [4.69, 9.17) is 0 Å². The molecule has 2 aromatic rings. The summed E-state index contributed by atoms with van der Waals surface area (Å²) in [4.78, 5) is 32.7. The lowest BCUT2D eigenvalue weighted by atomic mass is 10.2. The Kier molecular flexibility index (Phi) is 2.09. The van der Waals surface area contributed by atoms with Crippen molar-refractivity contribution in [3.05, 3.63) is 38.9 Å². The van der Waals surface area contributed by atoms with Crippen LogP contribution in [0.15, 0.2) is 27.8 Å². The van der Waals surface area contributed by atoms with Crippen molar-refractivity contribution in [2.45, 2.75) is 0 Å². The fourth-order valence-corrected chi connectivity index (χ4v) is 1.29. The van der Waals surface area contributed by atoms with E-state index in [0.29, 0.717) is 0 Å². The molecule has 0 radical (unpaired) electrons. The molecule has 6 heteroatoms. The molecule has 0 saturated heterocycles. The molecule has 0 amide bonds. The summed E-state index contributed by atoms with van der Waals surface area (Å²) < 4.78 is 4.56. The number of fused-ring (bicyclic) bond motifs is 1. The fourth-order valence-electron chi connectivity index (χ4n) is 1.29. The molecule has 0 aliphatic rings. The summed E-state index contributed by atoms with van der Waals surface area (Å²) in [5, 5.41) is 4.79. The Bertz CT molecular complexity index is 626. The summed E-state index contributed by atoms with van der Waals surface area (Å²) in [5.41, 5.74) is -0.844. The molecule has 1 aromatic heterocycles. The highest BCUT2D eigenvalue weighted by molar-refractivity contribution is 5.82. The Labute approximate surface area is 82.5 Å². The molecule has 0 bridgehead atoms. The first-order chi connectivity index (χ1) is 7.22. The maximum absolute atomic E-state index is 11.3. The smallest absolute Gasteiger partial charge is 0.298 e. The van der Waals surface area contributed by atoms with Gasteiger partial charge in [-0.2, -0.15) is 0 Å². The van der Waals surface area contributed by atoms with Gasteiger partial charge < -0.3 is 4.74 Å². The summed E-state index contributed by atoms with van der Waals surface area (Å²) in [6, 6.07) is 4.19. The predicted octanol–water partition coefficient (Wildman–Crippen LogP) is -0.248. The number of carbonyl (C=O) groups is 1. The number of aromatic nitrogens is 2. The largest absolute Gasteiger partial charge is 0.429 e. The first kappa shape index (κ1) is 9.20. The maximum Gasteiger partial charge on any atom is 0.298 e. The topological polar surface area (TPSA) is 92.0 Å². The third-order valence-electron chi connectivity index (χ3n) is 1.95. The molecule has 2 rings (SSSR count). The summed E-state index contributed by atoms with van der Waals surface area (Å²) in [5.74, 6) is 0.216. The van der Waals surface area contributed by atoms with Gasteiger partial charge in [0.1, 0.15) is 5.75 Å². The highest BCUT2D eigenvalue weighted by atomic mass is 16.5. The number of H-pyrrole nitrogens is 2. The number of ether oxygens (including phenoxy) is 1. The van der Waals surface area contributed by atoms with E-state index in [2.05, 4.69) is 14.9 Å². The van der Waals surface area contributed by atoms with E-state index in [1.807, 2.05) is 0 Å². The van der Waals surface area contributed by atoms with Gasteiger partial charge in [-0.1, -0.05) is 0 Å². The third kappa shape index (κ3) is 1.52. The zero-order valence-corrected chi connectivity index (χ0v) is 7.44. The Morgan fingerprint density at radius 2 is 1.73 bits per heavy atom. The van der Waals surface area contributed by atoms with Gasteiger partial charge in [0.05, 0.1) is 10.8 Å². The van der Waals surface area contributed by atoms with Crippen LogP contribution in [0.3, 0.4) is 0 Å². The van der Waals surface area contributed by atoms with E-state index in [1.165, 1.54) is 18.2 Å². The number of rotatable bonds is 2. The highest BCUT2D eigenvalue weighted by Gasteiger charge is 2.04. The lowest BCUT2D eigenvalue weighted by Crippen LogP contribution is -2.18. The van der Waals surface area contributed by atoms with Crippen LogP contribution in [0, 0.1) is 0 Å². The third-order valence-corrected chi connectivity index (χ3v) is 1.95. The molecular formula is C9H6N2O4. The number of hydrogen-bond donors (Lipinski definition) is 2. The van der Waals surface area contributed by atoms with Crippen LogP contribution in [0.25, 0.3) is 10.8 Å².